The molecule has 0 unspecified atom stereocenters. The van der Waals surface area contributed by atoms with E-state index in [0.717, 1.165) is 5.75 Å². The highest BCUT2D eigenvalue weighted by atomic mass is 16.6. The zero-order valence-corrected chi connectivity index (χ0v) is 17.8. The Bertz CT molecular complexity index is 543. The summed E-state index contributed by atoms with van der Waals surface area (Å²) in [6.45, 7) is 9.66. The monoisotopic (exact) mass is 413 g/mol. The van der Waals surface area contributed by atoms with Crippen molar-refractivity contribution in [3.8, 4) is 5.75 Å². The Labute approximate surface area is 173 Å². The van der Waals surface area contributed by atoms with Crippen LogP contribution in [0, 0.1) is 0 Å². The fourth-order valence-corrected chi connectivity index (χ4v) is 2.09. The smallest absolute Gasteiger partial charge is 0.308 e. The van der Waals surface area contributed by atoms with Crippen LogP contribution in [0.4, 0.5) is 5.69 Å². The summed E-state index contributed by atoms with van der Waals surface area (Å²) >= 11 is 0. The second-order valence-electron chi connectivity index (χ2n) is 7.20. The molecule has 8 heteroatoms. The van der Waals surface area contributed by atoms with Gasteiger partial charge in [-0.05, 0) is 45.0 Å². The fourth-order valence-electron chi connectivity index (χ4n) is 2.09. The maximum Gasteiger partial charge on any atom is 0.308 e. The summed E-state index contributed by atoms with van der Waals surface area (Å²) in [5, 5.41) is 0. The van der Waals surface area contributed by atoms with E-state index in [-0.39, 0.29) is 12.4 Å². The highest BCUT2D eigenvalue weighted by molar-refractivity contribution is 5.69. The Balaban J connectivity index is 1.78. The van der Waals surface area contributed by atoms with Crippen molar-refractivity contribution in [1.82, 2.24) is 0 Å². The lowest BCUT2D eigenvalue weighted by atomic mass is 10.2. The average Bonchev–Trinajstić information content (AvgIpc) is 2.65. The van der Waals surface area contributed by atoms with E-state index >= 15 is 0 Å². The van der Waals surface area contributed by atoms with Crippen molar-refractivity contribution in [3.63, 3.8) is 0 Å². The number of anilines is 1. The molecule has 29 heavy (non-hydrogen) atoms. The van der Waals surface area contributed by atoms with Gasteiger partial charge in [0.05, 0.1) is 59.3 Å². The van der Waals surface area contributed by atoms with Crippen LogP contribution in [0.2, 0.25) is 0 Å². The van der Waals surface area contributed by atoms with Crippen LogP contribution in [0.15, 0.2) is 24.3 Å². The van der Waals surface area contributed by atoms with Gasteiger partial charge in [-0.1, -0.05) is 0 Å². The highest BCUT2D eigenvalue weighted by Gasteiger charge is 2.15. The minimum atomic E-state index is -0.462. The summed E-state index contributed by atoms with van der Waals surface area (Å²) in [7, 11) is 0. The van der Waals surface area contributed by atoms with Crippen molar-refractivity contribution in [2.75, 3.05) is 65.2 Å². The molecular weight excluding hydrogens is 378 g/mol. The molecule has 1 aromatic rings. The Morgan fingerprint density at radius 1 is 0.759 bits per heavy atom. The molecule has 1 rings (SSSR count). The van der Waals surface area contributed by atoms with E-state index in [1.807, 2.05) is 32.9 Å². The van der Waals surface area contributed by atoms with Gasteiger partial charge >= 0.3 is 5.97 Å². The normalized spacial score (nSPS) is 11.4. The van der Waals surface area contributed by atoms with Crippen molar-refractivity contribution in [1.29, 1.82) is 0 Å². The molecule has 0 atom stereocenters. The molecule has 8 nitrogen and oxygen atoms in total. The van der Waals surface area contributed by atoms with Gasteiger partial charge in [-0.15, -0.1) is 0 Å². The molecule has 1 aromatic carbocycles. The largest absolute Gasteiger partial charge is 0.491 e. The number of carbonyl (C=O) groups is 1. The third-order valence-electron chi connectivity index (χ3n) is 3.36. The first-order valence-corrected chi connectivity index (χ1v) is 9.88. The van der Waals surface area contributed by atoms with Crippen molar-refractivity contribution < 1.29 is 33.2 Å². The lowest BCUT2D eigenvalue weighted by Crippen LogP contribution is -2.24. The number of hydrogen-bond donors (Lipinski definition) is 1. The number of nitrogens with two attached hydrogens (primary N) is 1. The molecule has 0 heterocycles. The molecule has 0 bridgehead atoms. The van der Waals surface area contributed by atoms with Crippen LogP contribution in [-0.2, 0) is 28.5 Å². The first-order chi connectivity index (χ1) is 13.9. The highest BCUT2D eigenvalue weighted by Crippen LogP contribution is 2.12. The maximum absolute atomic E-state index is 11.5. The standard InChI is InChI=1S/C21H35NO7/c1-21(2,3)29-20(23)8-9-24-10-11-25-12-13-26-14-15-27-16-17-28-19-6-4-18(22)5-7-19/h4-7H,8-17,22H2,1-3H3. The number of rotatable bonds is 16. The number of hydrogen-bond acceptors (Lipinski definition) is 8. The molecule has 0 amide bonds. The van der Waals surface area contributed by atoms with Crippen molar-refractivity contribution in [3.05, 3.63) is 24.3 Å². The molecule has 0 radical (unpaired) electrons. The molecule has 0 fully saturated rings. The van der Waals surface area contributed by atoms with E-state index in [0.29, 0.717) is 65.1 Å². The lowest BCUT2D eigenvalue weighted by molar-refractivity contribution is -0.156. The molecule has 0 aliphatic rings. The van der Waals surface area contributed by atoms with Crippen molar-refractivity contribution in [2.45, 2.75) is 32.8 Å². The zero-order chi connectivity index (χ0) is 21.4. The first kappa shape index (κ1) is 25.2. The van der Waals surface area contributed by atoms with Gasteiger partial charge in [0, 0.05) is 5.69 Å². The van der Waals surface area contributed by atoms with Crippen molar-refractivity contribution in [2.24, 2.45) is 0 Å². The first-order valence-electron chi connectivity index (χ1n) is 9.88. The summed E-state index contributed by atoms with van der Waals surface area (Å²) in [5.41, 5.74) is 5.86. The topological polar surface area (TPSA) is 98.5 Å². The van der Waals surface area contributed by atoms with Gasteiger partial charge < -0.3 is 34.2 Å². The Hall–Kier alpha value is -1.87. The van der Waals surface area contributed by atoms with Gasteiger partial charge in [0.1, 0.15) is 18.0 Å². The van der Waals surface area contributed by atoms with Gasteiger partial charge in [0.15, 0.2) is 0 Å². The number of benzene rings is 1. The summed E-state index contributed by atoms with van der Waals surface area (Å²) in [4.78, 5) is 11.5. The van der Waals surface area contributed by atoms with E-state index in [1.165, 1.54) is 0 Å². The van der Waals surface area contributed by atoms with Gasteiger partial charge in [-0.25, -0.2) is 0 Å². The van der Waals surface area contributed by atoms with E-state index in [4.69, 9.17) is 34.2 Å². The summed E-state index contributed by atoms with van der Waals surface area (Å²) in [6, 6.07) is 7.24. The van der Waals surface area contributed by atoms with Crippen LogP contribution in [0.3, 0.4) is 0 Å². The van der Waals surface area contributed by atoms with Crippen LogP contribution in [0.5, 0.6) is 5.75 Å². The number of ether oxygens (including phenoxy) is 6. The third kappa shape index (κ3) is 15.7. The Kier molecular flexibility index (Phi) is 13.0. The van der Waals surface area contributed by atoms with Crippen molar-refractivity contribution >= 4 is 11.7 Å². The molecule has 0 saturated carbocycles. The quantitative estimate of drug-likeness (QED) is 0.251. The molecule has 2 N–H and O–H groups in total. The predicted molar refractivity (Wildman–Crippen MR) is 110 cm³/mol. The SMILES string of the molecule is CC(C)(C)OC(=O)CCOCCOCCOCCOCCOc1ccc(N)cc1. The average molecular weight is 414 g/mol. The second kappa shape index (κ2) is 15.0. The molecule has 0 aromatic heterocycles. The number of nitrogen functional groups attached to an aromatic ring is 1. The maximum atomic E-state index is 11.5. The van der Waals surface area contributed by atoms with Crippen LogP contribution < -0.4 is 10.5 Å². The van der Waals surface area contributed by atoms with Crippen LogP contribution >= 0.6 is 0 Å². The second-order valence-corrected chi connectivity index (χ2v) is 7.20. The molecule has 0 aliphatic carbocycles. The van der Waals surface area contributed by atoms with Gasteiger partial charge in [0.25, 0.3) is 0 Å². The van der Waals surface area contributed by atoms with E-state index < -0.39 is 5.60 Å². The zero-order valence-electron chi connectivity index (χ0n) is 17.8. The van der Waals surface area contributed by atoms with Crippen LogP contribution in [-0.4, -0.2) is 71.0 Å². The van der Waals surface area contributed by atoms with Gasteiger partial charge in [-0.3, -0.25) is 4.79 Å². The molecule has 0 aliphatic heterocycles. The molecule has 0 saturated heterocycles. The summed E-state index contributed by atoms with van der Waals surface area (Å²) < 4.78 is 32.3. The fraction of sp³-hybridized carbons (Fsp3) is 0.667. The Morgan fingerprint density at radius 3 is 1.69 bits per heavy atom. The Morgan fingerprint density at radius 2 is 1.21 bits per heavy atom. The van der Waals surface area contributed by atoms with Gasteiger partial charge in [0.2, 0.25) is 0 Å². The summed E-state index contributed by atoms with van der Waals surface area (Å²) in [5.74, 6) is 0.510. The minimum Gasteiger partial charge on any atom is -0.491 e. The van der Waals surface area contributed by atoms with E-state index in [1.54, 1.807) is 12.1 Å². The van der Waals surface area contributed by atoms with E-state index in [2.05, 4.69) is 0 Å². The number of esters is 1. The number of carbonyl (C=O) groups excluding carboxylic acids is 1. The summed E-state index contributed by atoms with van der Waals surface area (Å²) in [6.07, 6.45) is 0.241. The molecule has 166 valence electrons. The predicted octanol–water partition coefficient (Wildman–Crippen LogP) is 2.45. The van der Waals surface area contributed by atoms with E-state index in [9.17, 15) is 4.79 Å². The van der Waals surface area contributed by atoms with Crippen LogP contribution in [0.25, 0.3) is 0 Å². The lowest BCUT2D eigenvalue weighted by Gasteiger charge is -2.19. The minimum absolute atomic E-state index is 0.241. The third-order valence-corrected chi connectivity index (χ3v) is 3.36. The van der Waals surface area contributed by atoms with Gasteiger partial charge in [-0.2, -0.15) is 0 Å². The molecule has 0 spiro atoms. The molecular formula is C21H35NO7. The van der Waals surface area contributed by atoms with Crippen LogP contribution in [0.1, 0.15) is 27.2 Å².